The summed E-state index contributed by atoms with van der Waals surface area (Å²) in [6, 6.07) is 5.08. The fourth-order valence-corrected chi connectivity index (χ4v) is 2.55. The monoisotopic (exact) mass is 413 g/mol. The number of anilines is 1. The van der Waals surface area contributed by atoms with Crippen molar-refractivity contribution >= 4 is 17.6 Å². The number of nitrogens with one attached hydrogen (secondary N) is 1. The predicted octanol–water partition coefficient (Wildman–Crippen LogP) is 2.96. The zero-order chi connectivity index (χ0) is 21.8. The molecule has 2 aromatic rings. The van der Waals surface area contributed by atoms with Gasteiger partial charge in [-0.2, -0.15) is 13.2 Å². The number of carbonyl (C=O) groups is 2. The molecule has 156 valence electrons. The molecular weight excluding hydrogens is 395 g/mol. The van der Waals surface area contributed by atoms with E-state index in [4.69, 9.17) is 20.1 Å². The number of hydrazine groups is 1. The van der Waals surface area contributed by atoms with Gasteiger partial charge in [-0.15, -0.1) is 0 Å². The van der Waals surface area contributed by atoms with Gasteiger partial charge in [0, 0.05) is 5.56 Å². The van der Waals surface area contributed by atoms with Gasteiger partial charge in [0.2, 0.25) is 5.75 Å². The minimum Gasteiger partial charge on any atom is -0.493 e. The number of benzene rings is 2. The summed E-state index contributed by atoms with van der Waals surface area (Å²) in [7, 11) is 4.00. The molecule has 0 unspecified atom stereocenters. The van der Waals surface area contributed by atoms with Gasteiger partial charge in [0.15, 0.2) is 11.5 Å². The first-order valence-electron chi connectivity index (χ1n) is 8.00. The average molecular weight is 413 g/mol. The molecule has 2 aromatic carbocycles. The van der Waals surface area contributed by atoms with E-state index < -0.39 is 23.7 Å². The number of alkyl halides is 3. The zero-order valence-corrected chi connectivity index (χ0v) is 15.7. The van der Waals surface area contributed by atoms with Crippen LogP contribution in [0.15, 0.2) is 36.4 Å². The third-order valence-corrected chi connectivity index (χ3v) is 3.87. The van der Waals surface area contributed by atoms with Crippen LogP contribution in [0.2, 0.25) is 0 Å². The minimum absolute atomic E-state index is 0.111. The second-order valence-electron chi connectivity index (χ2n) is 5.55. The number of halogens is 3. The number of imide groups is 1. The molecule has 0 atom stereocenters. The van der Waals surface area contributed by atoms with Crippen LogP contribution in [0, 0.1) is 0 Å². The Bertz CT molecular complexity index is 893. The Balaban J connectivity index is 2.60. The molecule has 0 heterocycles. The average Bonchev–Trinajstić information content (AvgIpc) is 2.71. The van der Waals surface area contributed by atoms with E-state index in [2.05, 4.69) is 0 Å². The fourth-order valence-electron chi connectivity index (χ4n) is 2.55. The van der Waals surface area contributed by atoms with Crippen LogP contribution in [-0.4, -0.2) is 33.3 Å². The molecule has 0 radical (unpaired) electrons. The smallest absolute Gasteiger partial charge is 0.416 e. The summed E-state index contributed by atoms with van der Waals surface area (Å²) in [4.78, 5) is 25.7. The molecule has 11 heteroatoms. The quantitative estimate of drug-likeness (QED) is 0.444. The molecule has 0 spiro atoms. The van der Waals surface area contributed by atoms with E-state index in [1.54, 1.807) is 5.43 Å². The van der Waals surface area contributed by atoms with Gasteiger partial charge in [-0.3, -0.25) is 10.2 Å². The van der Waals surface area contributed by atoms with Gasteiger partial charge in [0.25, 0.3) is 5.91 Å². The second kappa shape index (κ2) is 8.69. The third kappa shape index (κ3) is 4.51. The largest absolute Gasteiger partial charge is 0.493 e. The first-order valence-corrected chi connectivity index (χ1v) is 8.00. The van der Waals surface area contributed by atoms with Crippen LogP contribution in [0.5, 0.6) is 17.2 Å². The Labute approximate surface area is 163 Å². The molecule has 0 saturated carbocycles. The van der Waals surface area contributed by atoms with Crippen LogP contribution >= 0.6 is 0 Å². The van der Waals surface area contributed by atoms with Crippen LogP contribution in [0.4, 0.5) is 23.7 Å². The number of urea groups is 1. The Hall–Kier alpha value is -3.47. The van der Waals surface area contributed by atoms with Gasteiger partial charge in [-0.1, -0.05) is 6.07 Å². The Kier molecular flexibility index (Phi) is 6.54. The summed E-state index contributed by atoms with van der Waals surface area (Å²) < 4.78 is 54.6. The maximum atomic E-state index is 13.0. The Morgan fingerprint density at radius 1 is 1.00 bits per heavy atom. The van der Waals surface area contributed by atoms with Crippen molar-refractivity contribution in [2.45, 2.75) is 6.18 Å². The number of amides is 3. The first kappa shape index (κ1) is 21.8. The number of rotatable bonds is 5. The summed E-state index contributed by atoms with van der Waals surface area (Å²) in [5.41, 5.74) is 0.268. The second-order valence-corrected chi connectivity index (χ2v) is 5.55. The molecule has 0 fully saturated rings. The lowest BCUT2D eigenvalue weighted by atomic mass is 10.1. The van der Waals surface area contributed by atoms with Crippen molar-refractivity contribution < 1.29 is 37.0 Å². The number of ether oxygens (including phenoxy) is 3. The van der Waals surface area contributed by atoms with E-state index in [-0.39, 0.29) is 28.5 Å². The van der Waals surface area contributed by atoms with Gasteiger partial charge in [0.1, 0.15) is 0 Å². The van der Waals surface area contributed by atoms with Crippen LogP contribution < -0.4 is 30.4 Å². The maximum absolute atomic E-state index is 13.0. The molecule has 0 aliphatic carbocycles. The molecule has 0 aliphatic heterocycles. The minimum atomic E-state index is -4.67. The summed E-state index contributed by atoms with van der Waals surface area (Å²) in [6.07, 6.45) is -4.67. The fraction of sp³-hybridized carbons (Fsp3) is 0.222. The highest BCUT2D eigenvalue weighted by molar-refractivity contribution is 6.20. The highest BCUT2D eigenvalue weighted by Gasteiger charge is 2.33. The summed E-state index contributed by atoms with van der Waals surface area (Å²) in [6.45, 7) is 0. The van der Waals surface area contributed by atoms with E-state index in [0.717, 1.165) is 12.1 Å². The molecule has 3 amide bonds. The van der Waals surface area contributed by atoms with Crippen molar-refractivity contribution in [3.05, 3.63) is 47.5 Å². The van der Waals surface area contributed by atoms with Crippen LogP contribution in [0.25, 0.3) is 0 Å². The molecule has 29 heavy (non-hydrogen) atoms. The van der Waals surface area contributed by atoms with Crippen molar-refractivity contribution in [3.8, 4) is 17.2 Å². The lowest BCUT2D eigenvalue weighted by molar-refractivity contribution is -0.137. The van der Waals surface area contributed by atoms with E-state index in [9.17, 15) is 22.8 Å². The van der Waals surface area contributed by atoms with E-state index >= 15 is 0 Å². The molecular formula is C18H18F3N3O5. The standard InChI is InChI=1S/C18H18F3N3O5/c1-27-13-7-10(8-14(28-2)15(13)29-3)16(25)24(17(26)23-22)12-6-4-5-11(9-12)18(19,20)21/h4-9H,22H2,1-3H3,(H,23,26). The SMILES string of the molecule is COc1cc(C(=O)N(C(=O)NN)c2cccc(C(F)(F)F)c2)cc(OC)c1OC. The normalized spacial score (nSPS) is 10.9. The van der Waals surface area contributed by atoms with Gasteiger partial charge in [0.05, 0.1) is 32.6 Å². The highest BCUT2D eigenvalue weighted by Crippen LogP contribution is 2.39. The molecule has 0 bridgehead atoms. The summed E-state index contributed by atoms with van der Waals surface area (Å²) >= 11 is 0. The molecule has 0 saturated heterocycles. The Morgan fingerprint density at radius 3 is 2.03 bits per heavy atom. The molecule has 0 aliphatic rings. The summed E-state index contributed by atoms with van der Waals surface area (Å²) in [5.74, 6) is 4.59. The number of nitrogens with two attached hydrogens (primary N) is 1. The van der Waals surface area contributed by atoms with Crippen molar-refractivity contribution in [1.29, 1.82) is 0 Å². The van der Waals surface area contributed by atoms with Crippen molar-refractivity contribution in [2.24, 2.45) is 5.84 Å². The van der Waals surface area contributed by atoms with Crippen LogP contribution in [0.3, 0.4) is 0 Å². The molecule has 2 rings (SSSR count). The summed E-state index contributed by atoms with van der Waals surface area (Å²) in [5, 5.41) is 0. The van der Waals surface area contributed by atoms with Gasteiger partial charge in [-0.05, 0) is 30.3 Å². The Morgan fingerprint density at radius 2 is 1.59 bits per heavy atom. The van der Waals surface area contributed by atoms with Crippen LogP contribution in [-0.2, 0) is 6.18 Å². The lowest BCUT2D eigenvalue weighted by Crippen LogP contribution is -2.47. The number of nitrogens with zero attached hydrogens (tertiary/aromatic N) is 1. The molecule has 0 aromatic heterocycles. The van der Waals surface area contributed by atoms with Gasteiger partial charge >= 0.3 is 12.2 Å². The predicted molar refractivity (Wildman–Crippen MR) is 97.1 cm³/mol. The van der Waals surface area contributed by atoms with E-state index in [1.165, 1.54) is 39.5 Å². The maximum Gasteiger partial charge on any atom is 0.416 e. The number of carbonyl (C=O) groups excluding carboxylic acids is 2. The number of hydrogen-bond acceptors (Lipinski definition) is 6. The van der Waals surface area contributed by atoms with E-state index in [0.29, 0.717) is 11.0 Å². The van der Waals surface area contributed by atoms with Crippen molar-refractivity contribution in [3.63, 3.8) is 0 Å². The number of methoxy groups -OCH3 is 3. The highest BCUT2D eigenvalue weighted by atomic mass is 19.4. The first-order chi connectivity index (χ1) is 13.7. The van der Waals surface area contributed by atoms with Gasteiger partial charge in [-0.25, -0.2) is 15.5 Å². The lowest BCUT2D eigenvalue weighted by Gasteiger charge is -2.22. The van der Waals surface area contributed by atoms with E-state index in [1.807, 2.05) is 0 Å². The third-order valence-electron chi connectivity index (χ3n) is 3.87. The van der Waals surface area contributed by atoms with Crippen LogP contribution in [0.1, 0.15) is 15.9 Å². The van der Waals surface area contributed by atoms with Crippen molar-refractivity contribution in [2.75, 3.05) is 26.2 Å². The molecule has 3 N–H and O–H groups in total. The topological polar surface area (TPSA) is 103 Å². The van der Waals surface area contributed by atoms with Crippen molar-refractivity contribution in [1.82, 2.24) is 5.43 Å². The zero-order valence-electron chi connectivity index (χ0n) is 15.7. The van der Waals surface area contributed by atoms with Gasteiger partial charge < -0.3 is 14.2 Å². The molecule has 8 nitrogen and oxygen atoms in total. The number of hydrogen-bond donors (Lipinski definition) is 2.